The molecular formula is C40H48N12O4. The highest BCUT2D eigenvalue weighted by Crippen LogP contribution is 2.25. The highest BCUT2D eigenvalue weighted by Gasteiger charge is 2.24. The summed E-state index contributed by atoms with van der Waals surface area (Å²) in [7, 11) is 0. The normalized spacial score (nSPS) is 11.1. The second-order valence-electron chi connectivity index (χ2n) is 13.1. The van der Waals surface area contributed by atoms with Crippen LogP contribution in [0.5, 0.6) is 0 Å². The summed E-state index contributed by atoms with van der Waals surface area (Å²) < 4.78 is 7.00. The highest BCUT2D eigenvalue weighted by atomic mass is 16.2. The fourth-order valence-electron chi connectivity index (χ4n) is 6.75. The first-order chi connectivity index (χ1) is 26.4. The lowest BCUT2D eigenvalue weighted by Crippen LogP contribution is -2.21. The number of carbonyl (C=O) groups is 4. The van der Waals surface area contributed by atoms with Crippen LogP contribution in [0.2, 0.25) is 0 Å². The van der Waals surface area contributed by atoms with Gasteiger partial charge >= 0.3 is 0 Å². The van der Waals surface area contributed by atoms with Crippen molar-refractivity contribution in [1.29, 1.82) is 0 Å². The molecule has 0 aliphatic rings. The third kappa shape index (κ3) is 8.13. The molecule has 292 valence electrons. The van der Waals surface area contributed by atoms with Crippen molar-refractivity contribution in [2.75, 3.05) is 10.6 Å². The van der Waals surface area contributed by atoms with Gasteiger partial charge in [0.15, 0.2) is 0 Å². The third-order valence-corrected chi connectivity index (χ3v) is 9.34. The predicted octanol–water partition coefficient (Wildman–Crippen LogP) is 5.54. The number of nitrogens with one attached hydrogen (secondary N) is 2. The van der Waals surface area contributed by atoms with Gasteiger partial charge in [-0.25, -0.2) is 9.97 Å². The number of allylic oxidation sites excluding steroid dienone is 2. The summed E-state index contributed by atoms with van der Waals surface area (Å²) in [4.78, 5) is 60.1. The molecule has 0 saturated carbocycles. The van der Waals surface area contributed by atoms with Crippen molar-refractivity contribution in [2.45, 2.75) is 80.1 Å². The van der Waals surface area contributed by atoms with E-state index in [1.807, 2.05) is 25.3 Å². The predicted molar refractivity (Wildman–Crippen MR) is 217 cm³/mol. The Morgan fingerprint density at radius 2 is 1.30 bits per heavy atom. The maximum atomic E-state index is 13.9. The topological polar surface area (TPSA) is 216 Å². The second-order valence-corrected chi connectivity index (χ2v) is 13.1. The van der Waals surface area contributed by atoms with Gasteiger partial charge in [0.2, 0.25) is 23.7 Å². The van der Waals surface area contributed by atoms with Crippen LogP contribution >= 0.6 is 0 Å². The molecule has 0 spiro atoms. The Morgan fingerprint density at radius 3 is 1.82 bits per heavy atom. The quantitative estimate of drug-likeness (QED) is 0.0682. The Balaban J connectivity index is 0.00000600. The minimum Gasteiger partial charge on any atom is -0.366 e. The van der Waals surface area contributed by atoms with Gasteiger partial charge in [-0.2, -0.15) is 10.2 Å². The molecule has 0 radical (unpaired) electrons. The lowest BCUT2D eigenvalue weighted by Gasteiger charge is -2.11. The lowest BCUT2D eigenvalue weighted by molar-refractivity contribution is 0.0992. The maximum Gasteiger partial charge on any atom is 0.276 e. The van der Waals surface area contributed by atoms with Crippen molar-refractivity contribution < 1.29 is 19.2 Å². The van der Waals surface area contributed by atoms with E-state index < -0.39 is 11.8 Å². The molecule has 0 saturated heterocycles. The standard InChI is InChI=1S/C39H44N12O4.CH4/c1-6-17-48-30-15-13-25(34(40)52)21-28(30)42-38(48)44-36(54)32-20-23(4)46-51(32)19-11-9-10-12-27-24(5)47-50(8-3)33(27)37(55)45-39-43-29-22-26(35(41)53)14-16-31(29)49(39)18-7-2;/h6-7,13-16,20-22H,1-2,8-12,17-19H2,3-5H3,(H2,40,52)(H2,41,53)(H,42,44,54)(H,43,45,55);1H4. The average Bonchev–Trinajstić information content (AvgIpc) is 3.89. The number of carbonyl (C=O) groups excluding carboxylic acids is 4. The van der Waals surface area contributed by atoms with Crippen molar-refractivity contribution in [3.63, 3.8) is 0 Å². The van der Waals surface area contributed by atoms with Gasteiger partial charge in [0.25, 0.3) is 11.8 Å². The zero-order valence-corrected chi connectivity index (χ0v) is 31.1. The molecule has 4 aromatic heterocycles. The Hall–Kier alpha value is -6.84. The summed E-state index contributed by atoms with van der Waals surface area (Å²) in [6.07, 6.45) is 6.31. The number of primary amides is 2. The molecular weight excluding hydrogens is 713 g/mol. The molecule has 4 amide bonds. The van der Waals surface area contributed by atoms with Gasteiger partial charge < -0.3 is 20.6 Å². The van der Waals surface area contributed by atoms with E-state index in [9.17, 15) is 19.2 Å². The maximum absolute atomic E-state index is 13.9. The number of hydrogen-bond donors (Lipinski definition) is 4. The van der Waals surface area contributed by atoms with Crippen molar-refractivity contribution in [3.05, 3.63) is 107 Å². The molecule has 0 unspecified atom stereocenters. The number of hydrogen-bond acceptors (Lipinski definition) is 8. The van der Waals surface area contributed by atoms with Gasteiger partial charge in [0.1, 0.15) is 11.4 Å². The Labute approximate surface area is 324 Å². The minimum atomic E-state index is -0.567. The molecule has 6 N–H and O–H groups in total. The first-order valence-electron chi connectivity index (χ1n) is 18.0. The molecule has 6 rings (SSSR count). The lowest BCUT2D eigenvalue weighted by atomic mass is 10.0. The zero-order valence-electron chi connectivity index (χ0n) is 31.1. The second kappa shape index (κ2) is 17.1. The molecule has 4 heterocycles. The fourth-order valence-corrected chi connectivity index (χ4v) is 6.75. The molecule has 56 heavy (non-hydrogen) atoms. The molecule has 2 aromatic carbocycles. The summed E-state index contributed by atoms with van der Waals surface area (Å²) in [6, 6.07) is 11.7. The van der Waals surface area contributed by atoms with Crippen molar-refractivity contribution >= 4 is 57.6 Å². The molecule has 0 atom stereocenters. The van der Waals surface area contributed by atoms with Crippen LogP contribution in [0.3, 0.4) is 0 Å². The van der Waals surface area contributed by atoms with Gasteiger partial charge in [-0.15, -0.1) is 13.2 Å². The summed E-state index contributed by atoms with van der Waals surface area (Å²) >= 11 is 0. The van der Waals surface area contributed by atoms with E-state index in [0.29, 0.717) is 83.7 Å². The fraction of sp³-hybridized carbons (Fsp3) is 0.300. The number of unbranched alkanes of at least 4 members (excludes halogenated alkanes) is 2. The number of benzene rings is 2. The molecule has 6 aromatic rings. The van der Waals surface area contributed by atoms with Crippen LogP contribution in [-0.4, -0.2) is 62.3 Å². The van der Waals surface area contributed by atoms with Gasteiger partial charge in [-0.1, -0.05) is 26.0 Å². The first kappa shape index (κ1) is 40.3. The number of amides is 4. The summed E-state index contributed by atoms with van der Waals surface area (Å²) in [5, 5.41) is 15.1. The van der Waals surface area contributed by atoms with E-state index in [-0.39, 0.29) is 19.2 Å². The van der Waals surface area contributed by atoms with Crippen molar-refractivity contribution in [1.82, 2.24) is 38.7 Å². The van der Waals surface area contributed by atoms with Gasteiger partial charge in [-0.05, 0) is 82.5 Å². The number of aromatic nitrogens is 8. The Bertz CT molecular complexity index is 2480. The highest BCUT2D eigenvalue weighted by molar-refractivity contribution is 6.05. The van der Waals surface area contributed by atoms with Crippen LogP contribution in [0.25, 0.3) is 22.1 Å². The summed E-state index contributed by atoms with van der Waals surface area (Å²) in [6.45, 7) is 15.1. The smallest absolute Gasteiger partial charge is 0.276 e. The van der Waals surface area contributed by atoms with Crippen LogP contribution in [0.1, 0.15) is 92.3 Å². The number of fused-ring (bicyclic) bond motifs is 2. The average molecular weight is 761 g/mol. The van der Waals surface area contributed by atoms with E-state index in [1.165, 1.54) is 0 Å². The SMILES string of the molecule is C.C=CCn1c(NC(=O)c2cc(C)nn2CCCCCc2c(C)nn(CC)c2C(=O)Nc2nc3cc(C(N)=O)ccc3n2CC=C)nc2cc(C(N)=O)ccc21. The molecule has 16 heteroatoms. The number of aryl methyl sites for hydroxylation is 4. The number of anilines is 2. The zero-order chi connectivity index (χ0) is 39.4. The van der Waals surface area contributed by atoms with Crippen LogP contribution < -0.4 is 22.1 Å². The van der Waals surface area contributed by atoms with Gasteiger partial charge in [0, 0.05) is 42.9 Å². The number of imidazole rings is 2. The molecule has 0 aliphatic heterocycles. The van der Waals surface area contributed by atoms with Crippen LogP contribution in [0.15, 0.2) is 67.8 Å². The number of nitrogens with zero attached hydrogens (tertiary/aromatic N) is 8. The van der Waals surface area contributed by atoms with E-state index in [0.717, 1.165) is 41.6 Å². The van der Waals surface area contributed by atoms with Crippen molar-refractivity contribution in [3.8, 4) is 0 Å². The van der Waals surface area contributed by atoms with E-state index >= 15 is 0 Å². The monoisotopic (exact) mass is 760 g/mol. The Morgan fingerprint density at radius 1 is 0.750 bits per heavy atom. The molecule has 0 bridgehead atoms. The van der Waals surface area contributed by atoms with E-state index in [1.54, 1.807) is 68.5 Å². The van der Waals surface area contributed by atoms with Crippen LogP contribution in [0.4, 0.5) is 11.9 Å². The molecule has 16 nitrogen and oxygen atoms in total. The molecule has 0 aliphatic carbocycles. The van der Waals surface area contributed by atoms with Crippen LogP contribution in [0, 0.1) is 13.8 Å². The minimum absolute atomic E-state index is 0. The van der Waals surface area contributed by atoms with Gasteiger partial charge in [0.05, 0.1) is 33.5 Å². The largest absolute Gasteiger partial charge is 0.366 e. The first-order valence-corrected chi connectivity index (χ1v) is 18.0. The third-order valence-electron chi connectivity index (χ3n) is 9.34. The number of rotatable bonds is 17. The van der Waals surface area contributed by atoms with Crippen LogP contribution in [-0.2, 0) is 32.6 Å². The summed E-state index contributed by atoms with van der Waals surface area (Å²) in [5.41, 5.74) is 17.2. The van der Waals surface area contributed by atoms with E-state index in [4.69, 9.17) is 11.5 Å². The summed E-state index contributed by atoms with van der Waals surface area (Å²) in [5.74, 6) is -1.22. The van der Waals surface area contributed by atoms with Gasteiger partial charge in [-0.3, -0.25) is 39.2 Å². The number of nitrogens with two attached hydrogens (primary N) is 2. The Kier molecular flexibility index (Phi) is 12.3. The van der Waals surface area contributed by atoms with E-state index in [2.05, 4.69) is 44.0 Å². The van der Waals surface area contributed by atoms with Crippen molar-refractivity contribution in [2.24, 2.45) is 11.5 Å². The molecule has 0 fully saturated rings.